The molecule has 1 saturated heterocycles. The van der Waals surface area contributed by atoms with Gasteiger partial charge in [-0.3, -0.25) is 4.79 Å². The zero-order valence-corrected chi connectivity index (χ0v) is 17.0. The molecule has 10 heteroatoms. The molecule has 31 heavy (non-hydrogen) atoms. The molecule has 0 radical (unpaired) electrons. The van der Waals surface area contributed by atoms with Gasteiger partial charge >= 0.3 is 0 Å². The van der Waals surface area contributed by atoms with E-state index in [-0.39, 0.29) is 24.7 Å². The summed E-state index contributed by atoms with van der Waals surface area (Å²) in [5.41, 5.74) is 1.12. The van der Waals surface area contributed by atoms with Gasteiger partial charge in [-0.15, -0.1) is 5.10 Å². The fourth-order valence-electron chi connectivity index (χ4n) is 3.52. The SMILES string of the molecule is COc1c(F)cc(Cn2ncc(NC(=O)Cc3ccc(N4CCCC4)nc3)n2)cc1F. The molecule has 3 heterocycles. The van der Waals surface area contributed by atoms with Crippen molar-refractivity contribution in [1.82, 2.24) is 20.0 Å². The number of benzene rings is 1. The first-order valence-corrected chi connectivity index (χ1v) is 9.93. The van der Waals surface area contributed by atoms with Crippen molar-refractivity contribution in [3.05, 3.63) is 59.4 Å². The van der Waals surface area contributed by atoms with Crippen LogP contribution in [-0.2, 0) is 17.8 Å². The van der Waals surface area contributed by atoms with E-state index >= 15 is 0 Å². The molecule has 162 valence electrons. The van der Waals surface area contributed by atoms with Crippen molar-refractivity contribution in [2.75, 3.05) is 30.4 Å². The average Bonchev–Trinajstić information content (AvgIpc) is 3.41. The van der Waals surface area contributed by atoms with Crippen LogP contribution >= 0.6 is 0 Å². The quantitative estimate of drug-likeness (QED) is 0.623. The monoisotopic (exact) mass is 428 g/mol. The predicted octanol–water partition coefficient (Wildman–Crippen LogP) is 2.79. The number of nitrogens with one attached hydrogen (secondary N) is 1. The fourth-order valence-corrected chi connectivity index (χ4v) is 3.52. The number of carbonyl (C=O) groups is 1. The lowest BCUT2D eigenvalue weighted by Gasteiger charge is -2.16. The van der Waals surface area contributed by atoms with Crippen LogP contribution in [0, 0.1) is 11.6 Å². The summed E-state index contributed by atoms with van der Waals surface area (Å²) in [6, 6.07) is 6.13. The number of ether oxygens (including phenoxy) is 1. The minimum atomic E-state index is -0.803. The van der Waals surface area contributed by atoms with Crippen LogP contribution in [-0.4, -0.2) is 46.1 Å². The van der Waals surface area contributed by atoms with E-state index in [0.717, 1.165) is 36.6 Å². The maximum Gasteiger partial charge on any atom is 0.230 e. The van der Waals surface area contributed by atoms with Crippen LogP contribution in [0.15, 0.2) is 36.7 Å². The Morgan fingerprint density at radius 2 is 1.87 bits per heavy atom. The summed E-state index contributed by atoms with van der Waals surface area (Å²) < 4.78 is 32.3. The van der Waals surface area contributed by atoms with E-state index in [2.05, 4.69) is 30.1 Å². The van der Waals surface area contributed by atoms with Crippen molar-refractivity contribution in [2.45, 2.75) is 25.8 Å². The number of carbonyl (C=O) groups excluding carboxylic acids is 1. The van der Waals surface area contributed by atoms with Crippen LogP contribution in [0.2, 0.25) is 0 Å². The molecule has 1 N–H and O–H groups in total. The lowest BCUT2D eigenvalue weighted by Crippen LogP contribution is -2.19. The Kier molecular flexibility index (Phi) is 6.06. The molecule has 0 unspecified atom stereocenters. The maximum atomic E-state index is 13.8. The number of rotatable bonds is 7. The average molecular weight is 428 g/mol. The van der Waals surface area contributed by atoms with Gasteiger partial charge in [0.15, 0.2) is 23.2 Å². The lowest BCUT2D eigenvalue weighted by molar-refractivity contribution is -0.115. The van der Waals surface area contributed by atoms with Gasteiger partial charge in [0.25, 0.3) is 0 Å². The van der Waals surface area contributed by atoms with Gasteiger partial charge in [-0.25, -0.2) is 13.8 Å². The van der Waals surface area contributed by atoms with Crippen LogP contribution in [0.1, 0.15) is 24.0 Å². The van der Waals surface area contributed by atoms with E-state index in [0.29, 0.717) is 5.56 Å². The topological polar surface area (TPSA) is 85.2 Å². The summed E-state index contributed by atoms with van der Waals surface area (Å²) in [6.07, 6.45) is 5.58. The summed E-state index contributed by atoms with van der Waals surface area (Å²) in [4.78, 5) is 20.2. The summed E-state index contributed by atoms with van der Waals surface area (Å²) in [6.45, 7) is 2.06. The molecule has 3 aromatic rings. The molecule has 1 fully saturated rings. The first-order valence-electron chi connectivity index (χ1n) is 9.93. The molecular formula is C21H22F2N6O2. The van der Waals surface area contributed by atoms with Gasteiger partial charge in [-0.05, 0) is 42.2 Å². The molecule has 0 saturated carbocycles. The zero-order valence-electron chi connectivity index (χ0n) is 17.0. The molecule has 1 aliphatic rings. The Bertz CT molecular complexity index is 1040. The lowest BCUT2D eigenvalue weighted by atomic mass is 10.2. The molecule has 1 aromatic carbocycles. The van der Waals surface area contributed by atoms with Gasteiger partial charge in [-0.2, -0.15) is 9.90 Å². The number of hydrogen-bond acceptors (Lipinski definition) is 6. The Morgan fingerprint density at radius 1 is 1.13 bits per heavy atom. The second kappa shape index (κ2) is 9.07. The van der Waals surface area contributed by atoms with Crippen molar-refractivity contribution in [2.24, 2.45) is 0 Å². The van der Waals surface area contributed by atoms with Crippen LogP contribution in [0.3, 0.4) is 0 Å². The van der Waals surface area contributed by atoms with Gasteiger partial charge in [-0.1, -0.05) is 6.07 Å². The van der Waals surface area contributed by atoms with Crippen molar-refractivity contribution in [1.29, 1.82) is 0 Å². The molecular weight excluding hydrogens is 406 g/mol. The van der Waals surface area contributed by atoms with E-state index in [9.17, 15) is 13.6 Å². The largest absolute Gasteiger partial charge is 0.491 e. The molecule has 0 atom stereocenters. The smallest absolute Gasteiger partial charge is 0.230 e. The molecule has 4 rings (SSSR count). The molecule has 1 amide bonds. The van der Waals surface area contributed by atoms with E-state index in [1.54, 1.807) is 6.20 Å². The number of hydrogen-bond donors (Lipinski definition) is 1. The Balaban J connectivity index is 1.33. The number of methoxy groups -OCH3 is 1. The number of halogens is 2. The summed E-state index contributed by atoms with van der Waals surface area (Å²) in [5, 5.41) is 10.8. The van der Waals surface area contributed by atoms with Gasteiger partial charge < -0.3 is 15.0 Å². The number of amides is 1. The van der Waals surface area contributed by atoms with Crippen LogP contribution in [0.4, 0.5) is 20.4 Å². The van der Waals surface area contributed by atoms with Gasteiger partial charge in [0.2, 0.25) is 5.91 Å². The number of pyridine rings is 1. The summed E-state index contributed by atoms with van der Waals surface area (Å²) >= 11 is 0. The summed E-state index contributed by atoms with van der Waals surface area (Å²) in [5.74, 6) is -1.13. The molecule has 1 aliphatic heterocycles. The third-order valence-electron chi connectivity index (χ3n) is 4.99. The van der Waals surface area contributed by atoms with Gasteiger partial charge in [0, 0.05) is 19.3 Å². The molecule has 0 spiro atoms. The van der Waals surface area contributed by atoms with Crippen LogP contribution in [0.25, 0.3) is 0 Å². The standard InChI is InChI=1S/C21H22F2N6O2/c1-31-21-16(22)8-15(9-17(21)23)13-29-25-12-18(27-29)26-20(30)10-14-4-5-19(24-11-14)28-6-2-3-7-28/h4-5,8-9,11-12H,2-3,6-7,10,13H2,1H3,(H,26,27,30). The predicted molar refractivity (Wildman–Crippen MR) is 110 cm³/mol. The molecule has 0 aliphatic carbocycles. The van der Waals surface area contributed by atoms with Crippen molar-refractivity contribution < 1.29 is 18.3 Å². The Labute approximate surface area is 177 Å². The van der Waals surface area contributed by atoms with Crippen molar-refractivity contribution in [3.63, 3.8) is 0 Å². The minimum Gasteiger partial charge on any atom is -0.491 e. The van der Waals surface area contributed by atoms with E-state index < -0.39 is 17.4 Å². The van der Waals surface area contributed by atoms with E-state index in [1.165, 1.54) is 30.9 Å². The van der Waals surface area contributed by atoms with Crippen molar-refractivity contribution >= 4 is 17.5 Å². The highest BCUT2D eigenvalue weighted by molar-refractivity contribution is 5.91. The van der Waals surface area contributed by atoms with Crippen LogP contribution in [0.5, 0.6) is 5.75 Å². The van der Waals surface area contributed by atoms with Crippen LogP contribution < -0.4 is 15.0 Å². The highest BCUT2D eigenvalue weighted by Gasteiger charge is 2.15. The summed E-state index contributed by atoms with van der Waals surface area (Å²) in [7, 11) is 1.20. The fraction of sp³-hybridized carbons (Fsp3) is 0.333. The normalized spacial score (nSPS) is 13.5. The van der Waals surface area contributed by atoms with E-state index in [4.69, 9.17) is 0 Å². The zero-order chi connectivity index (χ0) is 21.8. The second-order valence-corrected chi connectivity index (χ2v) is 7.30. The Hall–Kier alpha value is -3.56. The first-order chi connectivity index (χ1) is 15.0. The minimum absolute atomic E-state index is 0.0373. The van der Waals surface area contributed by atoms with Gasteiger partial charge in [0.1, 0.15) is 5.82 Å². The highest BCUT2D eigenvalue weighted by atomic mass is 19.1. The molecule has 8 nitrogen and oxygen atoms in total. The first kappa shape index (κ1) is 20.7. The van der Waals surface area contributed by atoms with E-state index in [1.807, 2.05) is 12.1 Å². The third-order valence-corrected chi connectivity index (χ3v) is 4.99. The molecule has 2 aromatic heterocycles. The number of nitrogens with zero attached hydrogens (tertiary/aromatic N) is 5. The number of anilines is 2. The Morgan fingerprint density at radius 3 is 2.52 bits per heavy atom. The van der Waals surface area contributed by atoms with Gasteiger partial charge in [0.05, 0.1) is 26.3 Å². The highest BCUT2D eigenvalue weighted by Crippen LogP contribution is 2.23. The molecule has 0 bridgehead atoms. The maximum absolute atomic E-state index is 13.8. The third kappa shape index (κ3) is 4.96. The second-order valence-electron chi connectivity index (χ2n) is 7.30. The van der Waals surface area contributed by atoms with Crippen molar-refractivity contribution in [3.8, 4) is 5.75 Å². The number of aromatic nitrogens is 4.